The van der Waals surface area contributed by atoms with Crippen LogP contribution in [0.5, 0.6) is 5.75 Å². The molecule has 3 rings (SSSR count). The third-order valence-electron chi connectivity index (χ3n) is 3.79. The molecule has 6 nitrogen and oxygen atoms in total. The molecule has 3 aromatic carbocycles. The molecule has 0 amide bonds. The number of nitrogens with zero attached hydrogens (tertiary/aromatic N) is 2. The second kappa shape index (κ2) is 6.85. The van der Waals surface area contributed by atoms with Crippen LogP contribution in [0, 0.1) is 6.92 Å². The maximum atomic E-state index is 11.6. The van der Waals surface area contributed by atoms with Gasteiger partial charge in [0.1, 0.15) is 22.0 Å². The van der Waals surface area contributed by atoms with Crippen LogP contribution in [0.15, 0.2) is 57.6 Å². The molecule has 0 atom stereocenters. The van der Waals surface area contributed by atoms with Gasteiger partial charge in [0.25, 0.3) is 10.1 Å². The Morgan fingerprint density at radius 1 is 1.00 bits per heavy atom. The third kappa shape index (κ3) is 3.39. The van der Waals surface area contributed by atoms with E-state index in [1.54, 1.807) is 25.1 Å². The Labute approximate surface area is 159 Å². The average molecular weight is 411 g/mol. The smallest absolute Gasteiger partial charge is 0.296 e. The summed E-state index contributed by atoms with van der Waals surface area (Å²) in [7, 11) is -4.64. The summed E-state index contributed by atoms with van der Waals surface area (Å²) >= 11 is 12.1. The van der Waals surface area contributed by atoms with Crippen LogP contribution in [-0.4, -0.2) is 18.1 Å². The third-order valence-corrected chi connectivity index (χ3v) is 5.52. The number of phenols is 1. The summed E-state index contributed by atoms with van der Waals surface area (Å²) in [6, 6.07) is 11.4. The fraction of sp³-hybridized carbons (Fsp3) is 0.0588. The van der Waals surface area contributed by atoms with Gasteiger partial charge in [-0.2, -0.15) is 8.42 Å². The zero-order chi connectivity index (χ0) is 19.1. The summed E-state index contributed by atoms with van der Waals surface area (Å²) in [6.07, 6.45) is 0. The van der Waals surface area contributed by atoms with Crippen LogP contribution < -0.4 is 0 Å². The molecule has 0 spiro atoms. The molecule has 0 bridgehead atoms. The molecule has 0 heterocycles. The minimum absolute atomic E-state index is 0.0615. The number of hydrogen-bond acceptors (Lipinski definition) is 5. The van der Waals surface area contributed by atoms with Gasteiger partial charge in [0.2, 0.25) is 0 Å². The highest BCUT2D eigenvalue weighted by atomic mass is 35.5. The van der Waals surface area contributed by atoms with Gasteiger partial charge in [-0.1, -0.05) is 53.5 Å². The standard InChI is InChI=1S/C17H12Cl2N2O4S/c1-9-12(18)8-14(26(23,24)25)17(15(9)19)21-20-16-11-5-3-2-4-10(11)6-7-13(16)22/h2-8,22H,1H3,(H,23,24,25). The minimum Gasteiger partial charge on any atom is -0.506 e. The number of fused-ring (bicyclic) bond motifs is 1. The summed E-state index contributed by atoms with van der Waals surface area (Å²) in [5, 5.41) is 19.4. The lowest BCUT2D eigenvalue weighted by atomic mass is 10.1. The lowest BCUT2D eigenvalue weighted by Gasteiger charge is -2.09. The van der Waals surface area contributed by atoms with Crippen molar-refractivity contribution in [2.75, 3.05) is 0 Å². The highest BCUT2D eigenvalue weighted by molar-refractivity contribution is 7.86. The van der Waals surface area contributed by atoms with Gasteiger partial charge >= 0.3 is 0 Å². The zero-order valence-electron chi connectivity index (χ0n) is 13.3. The van der Waals surface area contributed by atoms with E-state index < -0.39 is 15.0 Å². The number of hydrogen-bond donors (Lipinski definition) is 2. The van der Waals surface area contributed by atoms with Crippen LogP contribution in [0.3, 0.4) is 0 Å². The Morgan fingerprint density at radius 3 is 2.35 bits per heavy atom. The second-order valence-corrected chi connectivity index (χ2v) is 7.65. The molecule has 0 aliphatic heterocycles. The molecule has 0 fully saturated rings. The van der Waals surface area contributed by atoms with Crippen molar-refractivity contribution >= 4 is 55.5 Å². The number of phenolic OH excluding ortho intramolecular Hbond substituents is 1. The average Bonchev–Trinajstić information content (AvgIpc) is 2.59. The van der Waals surface area contributed by atoms with E-state index in [2.05, 4.69) is 10.2 Å². The SMILES string of the molecule is Cc1c(Cl)cc(S(=O)(=O)O)c(N=Nc2c(O)ccc3ccccc23)c1Cl. The van der Waals surface area contributed by atoms with Crippen molar-refractivity contribution in [1.29, 1.82) is 0 Å². The van der Waals surface area contributed by atoms with Crippen molar-refractivity contribution in [2.45, 2.75) is 11.8 Å². The van der Waals surface area contributed by atoms with Gasteiger partial charge in [-0.05, 0) is 30.0 Å². The van der Waals surface area contributed by atoms with Crippen molar-refractivity contribution in [3.8, 4) is 5.75 Å². The van der Waals surface area contributed by atoms with Gasteiger partial charge in [0.05, 0.1) is 5.02 Å². The van der Waals surface area contributed by atoms with E-state index in [-0.39, 0.29) is 27.2 Å². The largest absolute Gasteiger partial charge is 0.506 e. The van der Waals surface area contributed by atoms with Gasteiger partial charge in [0, 0.05) is 10.4 Å². The normalized spacial score (nSPS) is 12.2. The Hall–Kier alpha value is -2.19. The lowest BCUT2D eigenvalue weighted by molar-refractivity contribution is 0.477. The van der Waals surface area contributed by atoms with E-state index in [0.29, 0.717) is 10.9 Å². The molecule has 3 aromatic rings. The first-order valence-corrected chi connectivity index (χ1v) is 9.48. The van der Waals surface area contributed by atoms with Crippen LogP contribution in [0.25, 0.3) is 10.8 Å². The van der Waals surface area contributed by atoms with Gasteiger partial charge < -0.3 is 5.11 Å². The first-order valence-electron chi connectivity index (χ1n) is 7.28. The zero-order valence-corrected chi connectivity index (χ0v) is 15.6. The highest BCUT2D eigenvalue weighted by Gasteiger charge is 2.22. The van der Waals surface area contributed by atoms with Crippen molar-refractivity contribution in [3.63, 3.8) is 0 Å². The van der Waals surface area contributed by atoms with Gasteiger partial charge in [0.15, 0.2) is 0 Å². The van der Waals surface area contributed by atoms with Crippen LogP contribution >= 0.6 is 23.2 Å². The van der Waals surface area contributed by atoms with Crippen molar-refractivity contribution in [3.05, 3.63) is 58.1 Å². The van der Waals surface area contributed by atoms with Gasteiger partial charge in [-0.15, -0.1) is 10.2 Å². The van der Waals surface area contributed by atoms with E-state index in [1.165, 1.54) is 6.07 Å². The van der Waals surface area contributed by atoms with Gasteiger partial charge in [-0.3, -0.25) is 4.55 Å². The number of azo groups is 1. The molecule has 0 aliphatic carbocycles. The monoisotopic (exact) mass is 410 g/mol. The molecule has 2 N–H and O–H groups in total. The Morgan fingerprint density at radius 2 is 1.65 bits per heavy atom. The maximum absolute atomic E-state index is 11.6. The van der Waals surface area contributed by atoms with Crippen LogP contribution in [0.2, 0.25) is 10.0 Å². The molecule has 134 valence electrons. The van der Waals surface area contributed by atoms with Crippen LogP contribution in [-0.2, 0) is 10.1 Å². The quantitative estimate of drug-likeness (QED) is 0.419. The summed E-state index contributed by atoms with van der Waals surface area (Å²) in [6.45, 7) is 1.58. The second-order valence-electron chi connectivity index (χ2n) is 5.47. The first-order chi connectivity index (χ1) is 12.2. The summed E-state index contributed by atoms with van der Waals surface area (Å²) in [5.74, 6) is -0.136. The van der Waals surface area contributed by atoms with E-state index in [0.717, 1.165) is 11.5 Å². The maximum Gasteiger partial charge on any atom is 0.296 e. The van der Waals surface area contributed by atoms with Crippen molar-refractivity contribution in [1.82, 2.24) is 0 Å². The van der Waals surface area contributed by atoms with E-state index in [1.807, 2.05) is 12.1 Å². The number of halogens is 2. The molecular formula is C17H12Cl2N2O4S. The number of aromatic hydroxyl groups is 1. The van der Waals surface area contributed by atoms with Crippen molar-refractivity contribution < 1.29 is 18.1 Å². The van der Waals surface area contributed by atoms with Crippen LogP contribution in [0.1, 0.15) is 5.56 Å². The lowest BCUT2D eigenvalue weighted by Crippen LogP contribution is -2.00. The fourth-order valence-electron chi connectivity index (χ4n) is 2.42. The summed E-state index contributed by atoms with van der Waals surface area (Å²) in [4.78, 5) is -0.568. The molecule has 26 heavy (non-hydrogen) atoms. The first kappa shape index (κ1) is 18.6. The molecule has 9 heteroatoms. The molecule has 0 aliphatic rings. The molecule has 0 unspecified atom stereocenters. The van der Waals surface area contributed by atoms with Crippen LogP contribution in [0.4, 0.5) is 11.4 Å². The Bertz CT molecular complexity index is 1160. The van der Waals surface area contributed by atoms with E-state index in [9.17, 15) is 18.1 Å². The number of rotatable bonds is 3. The Kier molecular flexibility index (Phi) is 4.90. The summed E-state index contributed by atoms with van der Waals surface area (Å²) < 4.78 is 32.7. The Balaban J connectivity index is 2.25. The summed E-state index contributed by atoms with van der Waals surface area (Å²) in [5.41, 5.74) is 0.272. The van der Waals surface area contributed by atoms with E-state index >= 15 is 0 Å². The molecular weight excluding hydrogens is 399 g/mol. The molecule has 0 aromatic heterocycles. The minimum atomic E-state index is -4.64. The topological polar surface area (TPSA) is 99.3 Å². The fourth-order valence-corrected chi connectivity index (χ4v) is 3.69. The van der Waals surface area contributed by atoms with Gasteiger partial charge in [-0.25, -0.2) is 0 Å². The van der Waals surface area contributed by atoms with E-state index in [4.69, 9.17) is 23.2 Å². The number of benzene rings is 3. The van der Waals surface area contributed by atoms with Crippen molar-refractivity contribution in [2.24, 2.45) is 10.2 Å². The molecule has 0 saturated heterocycles. The molecule has 0 saturated carbocycles. The predicted octanol–water partition coefficient (Wildman–Crippen LogP) is 5.82. The predicted molar refractivity (Wildman–Crippen MR) is 101 cm³/mol. The molecule has 0 radical (unpaired) electrons. The highest BCUT2D eigenvalue weighted by Crippen LogP contribution is 2.41.